The van der Waals surface area contributed by atoms with Crippen LogP contribution in [0.4, 0.5) is 5.82 Å². The van der Waals surface area contributed by atoms with Crippen LogP contribution in [-0.4, -0.2) is 41.5 Å². The number of para-hydroxylation sites is 1. The van der Waals surface area contributed by atoms with Crippen LogP contribution in [0.15, 0.2) is 42.6 Å². The number of amides is 1. The normalized spacial score (nSPS) is 17.8. The van der Waals surface area contributed by atoms with Gasteiger partial charge in [-0.15, -0.1) is 12.4 Å². The first kappa shape index (κ1) is 15.5. The van der Waals surface area contributed by atoms with E-state index in [1.165, 1.54) is 0 Å². The third-order valence-corrected chi connectivity index (χ3v) is 3.08. The molecule has 0 bridgehead atoms. The summed E-state index contributed by atoms with van der Waals surface area (Å²) in [6, 6.07) is 11.5. The second-order valence-electron chi connectivity index (χ2n) is 4.53. The highest BCUT2D eigenvalue weighted by molar-refractivity contribution is 5.93. The first-order chi connectivity index (χ1) is 9.83. The van der Waals surface area contributed by atoms with Gasteiger partial charge < -0.3 is 15.4 Å². The summed E-state index contributed by atoms with van der Waals surface area (Å²) in [6.45, 7) is 1.87. The van der Waals surface area contributed by atoms with Crippen LogP contribution in [0, 0.1) is 0 Å². The van der Waals surface area contributed by atoms with Crippen LogP contribution in [-0.2, 0) is 9.53 Å². The zero-order chi connectivity index (χ0) is 13.8. The fourth-order valence-corrected chi connectivity index (χ4v) is 2.06. The number of nitrogens with zero attached hydrogens (tertiary/aromatic N) is 2. The molecular weight excluding hydrogens is 292 g/mol. The van der Waals surface area contributed by atoms with E-state index in [1.807, 2.05) is 36.5 Å². The van der Waals surface area contributed by atoms with Gasteiger partial charge in [-0.25, -0.2) is 4.68 Å². The van der Waals surface area contributed by atoms with Crippen LogP contribution in [0.25, 0.3) is 5.69 Å². The highest BCUT2D eigenvalue weighted by Gasteiger charge is 2.22. The van der Waals surface area contributed by atoms with Crippen molar-refractivity contribution in [1.29, 1.82) is 0 Å². The molecule has 1 fully saturated rings. The number of rotatable bonds is 3. The van der Waals surface area contributed by atoms with Crippen LogP contribution in [0.1, 0.15) is 0 Å². The Balaban J connectivity index is 0.00000161. The summed E-state index contributed by atoms with van der Waals surface area (Å²) in [7, 11) is 0. The summed E-state index contributed by atoms with van der Waals surface area (Å²) < 4.78 is 7.11. The Morgan fingerprint density at radius 3 is 2.86 bits per heavy atom. The quantitative estimate of drug-likeness (QED) is 0.894. The molecule has 0 saturated carbocycles. The Labute approximate surface area is 128 Å². The Morgan fingerprint density at radius 1 is 1.33 bits per heavy atom. The van der Waals surface area contributed by atoms with Gasteiger partial charge in [0.05, 0.1) is 12.3 Å². The molecule has 6 nitrogen and oxygen atoms in total. The van der Waals surface area contributed by atoms with Gasteiger partial charge in [-0.1, -0.05) is 18.2 Å². The van der Waals surface area contributed by atoms with Crippen LogP contribution < -0.4 is 10.6 Å². The smallest absolute Gasteiger partial charge is 0.256 e. The van der Waals surface area contributed by atoms with E-state index < -0.39 is 6.10 Å². The molecule has 0 aliphatic carbocycles. The number of halogens is 1. The molecular formula is C14H17ClN4O2. The molecule has 1 unspecified atom stereocenters. The van der Waals surface area contributed by atoms with E-state index in [1.54, 1.807) is 10.7 Å². The number of aromatic nitrogens is 2. The van der Waals surface area contributed by atoms with E-state index >= 15 is 0 Å². The summed E-state index contributed by atoms with van der Waals surface area (Å²) >= 11 is 0. The predicted octanol–water partition coefficient (Wildman–Crippen LogP) is 1.22. The number of carbonyl (C=O) groups is 1. The molecule has 2 heterocycles. The number of anilines is 1. The Morgan fingerprint density at radius 2 is 2.14 bits per heavy atom. The zero-order valence-electron chi connectivity index (χ0n) is 11.4. The topological polar surface area (TPSA) is 68.2 Å². The van der Waals surface area contributed by atoms with Crippen molar-refractivity contribution in [3.05, 3.63) is 42.6 Å². The van der Waals surface area contributed by atoms with Crippen molar-refractivity contribution in [2.24, 2.45) is 0 Å². The number of hydrogen-bond acceptors (Lipinski definition) is 4. The average molecular weight is 309 g/mol. The highest BCUT2D eigenvalue weighted by Crippen LogP contribution is 2.10. The van der Waals surface area contributed by atoms with E-state index in [-0.39, 0.29) is 18.3 Å². The maximum Gasteiger partial charge on any atom is 0.256 e. The Kier molecular flexibility index (Phi) is 5.32. The molecule has 1 amide bonds. The van der Waals surface area contributed by atoms with Crippen molar-refractivity contribution in [2.45, 2.75) is 6.10 Å². The maximum absolute atomic E-state index is 12.0. The molecule has 1 aromatic heterocycles. The highest BCUT2D eigenvalue weighted by atomic mass is 35.5. The predicted molar refractivity (Wildman–Crippen MR) is 82.1 cm³/mol. The molecule has 2 N–H and O–H groups in total. The second kappa shape index (κ2) is 7.21. The van der Waals surface area contributed by atoms with Gasteiger partial charge in [0.2, 0.25) is 0 Å². The second-order valence-corrected chi connectivity index (χ2v) is 4.53. The third kappa shape index (κ3) is 3.81. The molecule has 7 heteroatoms. The fraction of sp³-hybridized carbons (Fsp3) is 0.286. The van der Waals surface area contributed by atoms with E-state index in [4.69, 9.17) is 4.74 Å². The molecule has 1 saturated heterocycles. The SMILES string of the molecule is Cl.O=C(Nc1ccn(-c2ccccc2)n1)C1CNCCO1. The number of carbonyl (C=O) groups excluding carboxylic acids is 1. The molecule has 1 aliphatic rings. The molecule has 1 aliphatic heterocycles. The summed E-state index contributed by atoms with van der Waals surface area (Å²) in [5.74, 6) is 0.350. The average Bonchev–Trinajstić information content (AvgIpc) is 2.97. The van der Waals surface area contributed by atoms with Crippen LogP contribution in [0.2, 0.25) is 0 Å². The van der Waals surface area contributed by atoms with Gasteiger partial charge in [-0.3, -0.25) is 4.79 Å². The van der Waals surface area contributed by atoms with E-state index in [0.717, 1.165) is 12.2 Å². The minimum Gasteiger partial charge on any atom is -0.366 e. The van der Waals surface area contributed by atoms with E-state index in [9.17, 15) is 4.79 Å². The lowest BCUT2D eigenvalue weighted by molar-refractivity contribution is -0.128. The van der Waals surface area contributed by atoms with Gasteiger partial charge >= 0.3 is 0 Å². The van der Waals surface area contributed by atoms with Crippen molar-refractivity contribution in [3.63, 3.8) is 0 Å². The van der Waals surface area contributed by atoms with Crippen LogP contribution >= 0.6 is 12.4 Å². The number of benzene rings is 1. The van der Waals surface area contributed by atoms with Gasteiger partial charge in [-0.2, -0.15) is 5.10 Å². The number of morpholine rings is 1. The third-order valence-electron chi connectivity index (χ3n) is 3.08. The van der Waals surface area contributed by atoms with Gasteiger partial charge in [-0.05, 0) is 12.1 Å². The fourth-order valence-electron chi connectivity index (χ4n) is 2.06. The van der Waals surface area contributed by atoms with Crippen LogP contribution in [0.3, 0.4) is 0 Å². The van der Waals surface area contributed by atoms with E-state index in [2.05, 4.69) is 15.7 Å². The molecule has 1 aromatic carbocycles. The maximum atomic E-state index is 12.0. The van der Waals surface area contributed by atoms with Crippen molar-refractivity contribution < 1.29 is 9.53 Å². The number of nitrogens with one attached hydrogen (secondary N) is 2. The molecule has 0 spiro atoms. The van der Waals surface area contributed by atoms with Crippen molar-refractivity contribution >= 4 is 24.1 Å². The number of hydrogen-bond donors (Lipinski definition) is 2. The molecule has 3 rings (SSSR count). The lowest BCUT2D eigenvalue weighted by Crippen LogP contribution is -2.45. The van der Waals surface area contributed by atoms with E-state index in [0.29, 0.717) is 19.0 Å². The van der Waals surface area contributed by atoms with Gasteiger partial charge in [0.1, 0.15) is 6.10 Å². The van der Waals surface area contributed by atoms with Gasteiger partial charge in [0.25, 0.3) is 5.91 Å². The molecule has 21 heavy (non-hydrogen) atoms. The van der Waals surface area contributed by atoms with Crippen molar-refractivity contribution in [1.82, 2.24) is 15.1 Å². The summed E-state index contributed by atoms with van der Waals surface area (Å²) in [4.78, 5) is 12.0. The lowest BCUT2D eigenvalue weighted by atomic mass is 10.3. The van der Waals surface area contributed by atoms with Gasteiger partial charge in [0, 0.05) is 25.4 Å². The number of ether oxygens (including phenoxy) is 1. The van der Waals surface area contributed by atoms with Crippen molar-refractivity contribution in [2.75, 3.05) is 25.0 Å². The lowest BCUT2D eigenvalue weighted by Gasteiger charge is -2.22. The minimum absolute atomic E-state index is 0. The summed E-state index contributed by atoms with van der Waals surface area (Å²) in [6.07, 6.45) is 1.36. The molecule has 2 aromatic rings. The molecule has 112 valence electrons. The summed E-state index contributed by atoms with van der Waals surface area (Å²) in [5.41, 5.74) is 0.948. The first-order valence-corrected chi connectivity index (χ1v) is 6.57. The van der Waals surface area contributed by atoms with Crippen LogP contribution in [0.5, 0.6) is 0 Å². The standard InChI is InChI=1S/C14H16N4O2.ClH/c19-14(12-10-15-7-9-20-12)16-13-6-8-18(17-13)11-4-2-1-3-5-11;/h1-6,8,12,15H,7,9-10H2,(H,16,17,19);1H. The molecule has 0 radical (unpaired) electrons. The minimum atomic E-state index is -0.453. The summed E-state index contributed by atoms with van der Waals surface area (Å²) in [5, 5.41) is 10.2. The van der Waals surface area contributed by atoms with Gasteiger partial charge in [0.15, 0.2) is 5.82 Å². The monoisotopic (exact) mass is 308 g/mol. The Hall–Kier alpha value is -1.89. The first-order valence-electron chi connectivity index (χ1n) is 6.57. The zero-order valence-corrected chi connectivity index (χ0v) is 12.2. The molecule has 1 atom stereocenters. The largest absolute Gasteiger partial charge is 0.366 e. The van der Waals surface area contributed by atoms with Crippen molar-refractivity contribution in [3.8, 4) is 5.69 Å². The Bertz CT molecular complexity index is 582.